The molecule has 0 aliphatic rings. The topological polar surface area (TPSA) is 118 Å². The summed E-state index contributed by atoms with van der Waals surface area (Å²) in [7, 11) is -6.94. The van der Waals surface area contributed by atoms with Gasteiger partial charge in [-0.3, -0.25) is 4.79 Å². The minimum Gasteiger partial charge on any atom is -0.481 e. The fraction of sp³-hybridized carbons (Fsp3) is 0.909. The quantitative estimate of drug-likeness (QED) is 0.592. The van der Waals surface area contributed by atoms with E-state index in [1.165, 1.54) is 0 Å². The van der Waals surface area contributed by atoms with Gasteiger partial charge in [0.2, 0.25) is 10.0 Å². The van der Waals surface area contributed by atoms with Gasteiger partial charge in [0, 0.05) is 12.3 Å². The van der Waals surface area contributed by atoms with Crippen molar-refractivity contribution in [1.29, 1.82) is 0 Å². The third kappa shape index (κ3) is 10.2. The lowest BCUT2D eigenvalue weighted by molar-refractivity contribution is -0.141. The number of hydrogen-bond acceptors (Lipinski definition) is 5. The Morgan fingerprint density at radius 2 is 1.65 bits per heavy atom. The van der Waals surface area contributed by atoms with E-state index in [9.17, 15) is 21.6 Å². The second-order valence-electron chi connectivity index (χ2n) is 5.14. The van der Waals surface area contributed by atoms with E-state index >= 15 is 0 Å². The molecule has 20 heavy (non-hydrogen) atoms. The lowest BCUT2D eigenvalue weighted by atomic mass is 10.0. The Bertz CT molecular complexity index is 511. The Kier molecular flexibility index (Phi) is 7.67. The maximum absolute atomic E-state index is 11.6. The van der Waals surface area contributed by atoms with Gasteiger partial charge in [-0.15, -0.1) is 0 Å². The summed E-state index contributed by atoms with van der Waals surface area (Å²) < 4.78 is 47.5. The molecule has 0 aromatic carbocycles. The van der Waals surface area contributed by atoms with Gasteiger partial charge in [0.05, 0.1) is 17.4 Å². The predicted octanol–water partition coefficient (Wildman–Crippen LogP) is 0.230. The molecule has 9 heteroatoms. The smallest absolute Gasteiger partial charge is 0.306 e. The summed E-state index contributed by atoms with van der Waals surface area (Å²) in [5, 5.41) is 8.71. The summed E-state index contributed by atoms with van der Waals surface area (Å²) in [4.78, 5) is 10.6. The molecule has 120 valence electrons. The van der Waals surface area contributed by atoms with E-state index in [1.54, 1.807) is 13.8 Å². The molecule has 7 nitrogen and oxygen atoms in total. The summed E-state index contributed by atoms with van der Waals surface area (Å²) in [6, 6.07) is -0.347. The van der Waals surface area contributed by atoms with E-state index in [1.807, 2.05) is 0 Å². The number of sulfone groups is 1. The first-order chi connectivity index (χ1) is 8.93. The van der Waals surface area contributed by atoms with E-state index < -0.39 is 43.3 Å². The number of carbonyl (C=O) groups is 1. The highest BCUT2D eigenvalue weighted by atomic mass is 32.2. The van der Waals surface area contributed by atoms with Crippen molar-refractivity contribution in [3.8, 4) is 0 Å². The average Bonchev–Trinajstić information content (AvgIpc) is 2.24. The average molecular weight is 329 g/mol. The monoisotopic (exact) mass is 329 g/mol. The Balaban J connectivity index is 4.13. The van der Waals surface area contributed by atoms with Crippen LogP contribution in [0, 0.1) is 5.92 Å². The summed E-state index contributed by atoms with van der Waals surface area (Å²) in [5.41, 5.74) is 0. The van der Waals surface area contributed by atoms with Crippen LogP contribution in [-0.4, -0.2) is 51.7 Å². The van der Waals surface area contributed by atoms with Crippen molar-refractivity contribution < 1.29 is 26.7 Å². The Morgan fingerprint density at radius 3 is 2.10 bits per heavy atom. The molecule has 0 fully saturated rings. The Morgan fingerprint density at radius 1 is 1.10 bits per heavy atom. The van der Waals surface area contributed by atoms with Gasteiger partial charge in [0.25, 0.3) is 0 Å². The molecule has 0 aliphatic heterocycles. The summed E-state index contributed by atoms with van der Waals surface area (Å²) >= 11 is 0. The molecular formula is C11H23NO6S2. The largest absolute Gasteiger partial charge is 0.481 e. The number of carboxylic acid groups (broad SMARTS) is 1. The Hall–Kier alpha value is -0.670. The van der Waals surface area contributed by atoms with Crippen molar-refractivity contribution in [2.45, 2.75) is 39.2 Å². The number of aliphatic carboxylic acids is 1. The molecule has 0 saturated carbocycles. The van der Waals surface area contributed by atoms with Crippen LogP contribution in [0.5, 0.6) is 0 Å². The third-order valence-corrected chi connectivity index (χ3v) is 5.51. The van der Waals surface area contributed by atoms with Crippen molar-refractivity contribution >= 4 is 25.8 Å². The zero-order valence-electron chi connectivity index (χ0n) is 12.0. The highest BCUT2D eigenvalue weighted by Gasteiger charge is 2.18. The molecule has 0 amide bonds. The fourth-order valence-electron chi connectivity index (χ4n) is 1.54. The van der Waals surface area contributed by atoms with Crippen molar-refractivity contribution in [3.63, 3.8) is 0 Å². The minimum absolute atomic E-state index is 0.347. The van der Waals surface area contributed by atoms with Gasteiger partial charge < -0.3 is 5.11 Å². The number of carboxylic acids is 1. The van der Waals surface area contributed by atoms with Gasteiger partial charge >= 0.3 is 5.97 Å². The molecule has 0 bridgehead atoms. The molecule has 2 unspecified atom stereocenters. The highest BCUT2D eigenvalue weighted by Crippen LogP contribution is 2.10. The molecular weight excluding hydrogens is 306 g/mol. The minimum atomic E-state index is -3.63. The van der Waals surface area contributed by atoms with E-state index in [0.717, 1.165) is 6.26 Å². The Labute approximate surface area is 120 Å². The normalized spacial score (nSPS) is 15.8. The van der Waals surface area contributed by atoms with Gasteiger partial charge in [-0.1, -0.05) is 13.3 Å². The van der Waals surface area contributed by atoms with Crippen LogP contribution in [0.25, 0.3) is 0 Å². The van der Waals surface area contributed by atoms with Crippen molar-refractivity contribution in [1.82, 2.24) is 4.72 Å². The number of rotatable bonds is 10. The number of hydrogen-bond donors (Lipinski definition) is 2. The van der Waals surface area contributed by atoms with Gasteiger partial charge in [-0.05, 0) is 19.8 Å². The van der Waals surface area contributed by atoms with Crippen LogP contribution in [0.2, 0.25) is 0 Å². The lowest BCUT2D eigenvalue weighted by Gasteiger charge is -2.14. The molecule has 2 atom stereocenters. The molecule has 0 aromatic rings. The summed E-state index contributed by atoms with van der Waals surface area (Å²) in [5.74, 6) is -2.19. The van der Waals surface area contributed by atoms with Crippen LogP contribution in [0.15, 0.2) is 0 Å². The maximum Gasteiger partial charge on any atom is 0.306 e. The standard InChI is InChI=1S/C11H23NO6S2/c1-9(11(13)14)5-4-6-10(2)12-20(17,18)8-7-19(3,15)16/h9-10,12H,4-8H2,1-3H3,(H,13,14). The zero-order chi connectivity index (χ0) is 16.0. The zero-order valence-corrected chi connectivity index (χ0v) is 13.6. The van der Waals surface area contributed by atoms with Crippen LogP contribution in [-0.2, 0) is 24.7 Å². The van der Waals surface area contributed by atoms with E-state index in [0.29, 0.717) is 19.3 Å². The maximum atomic E-state index is 11.6. The third-order valence-electron chi connectivity index (χ3n) is 2.80. The van der Waals surface area contributed by atoms with E-state index in [-0.39, 0.29) is 6.04 Å². The van der Waals surface area contributed by atoms with Gasteiger partial charge in [-0.2, -0.15) is 0 Å². The number of nitrogens with one attached hydrogen (secondary N) is 1. The van der Waals surface area contributed by atoms with Crippen molar-refractivity contribution in [2.24, 2.45) is 5.92 Å². The SMILES string of the molecule is CC(CCCC(C)C(=O)O)NS(=O)(=O)CCS(C)(=O)=O. The number of sulfonamides is 1. The molecule has 0 rings (SSSR count). The molecule has 0 heterocycles. The van der Waals surface area contributed by atoms with Crippen LogP contribution < -0.4 is 4.72 Å². The molecule has 0 radical (unpaired) electrons. The second-order valence-corrected chi connectivity index (χ2v) is 9.27. The van der Waals surface area contributed by atoms with Crippen LogP contribution in [0.1, 0.15) is 33.1 Å². The summed E-state index contributed by atoms with van der Waals surface area (Å²) in [6.07, 6.45) is 2.56. The second kappa shape index (κ2) is 7.94. The first-order valence-electron chi connectivity index (χ1n) is 6.33. The molecule has 2 N–H and O–H groups in total. The van der Waals surface area contributed by atoms with Crippen molar-refractivity contribution in [3.05, 3.63) is 0 Å². The predicted molar refractivity (Wildman–Crippen MR) is 76.7 cm³/mol. The van der Waals surface area contributed by atoms with Crippen LogP contribution >= 0.6 is 0 Å². The van der Waals surface area contributed by atoms with Crippen LogP contribution in [0.3, 0.4) is 0 Å². The van der Waals surface area contributed by atoms with E-state index in [2.05, 4.69) is 4.72 Å². The first kappa shape index (κ1) is 19.3. The molecule has 0 saturated heterocycles. The van der Waals surface area contributed by atoms with Crippen molar-refractivity contribution in [2.75, 3.05) is 17.8 Å². The summed E-state index contributed by atoms with van der Waals surface area (Å²) in [6.45, 7) is 3.27. The molecule has 0 spiro atoms. The van der Waals surface area contributed by atoms with Gasteiger partial charge in [-0.25, -0.2) is 21.6 Å². The van der Waals surface area contributed by atoms with Crippen LogP contribution in [0.4, 0.5) is 0 Å². The fourth-order valence-corrected chi connectivity index (χ4v) is 4.48. The van der Waals surface area contributed by atoms with Gasteiger partial charge in [0.15, 0.2) is 0 Å². The lowest BCUT2D eigenvalue weighted by Crippen LogP contribution is -2.36. The first-order valence-corrected chi connectivity index (χ1v) is 10.0. The van der Waals surface area contributed by atoms with Gasteiger partial charge in [0.1, 0.15) is 9.84 Å². The van der Waals surface area contributed by atoms with E-state index in [4.69, 9.17) is 5.11 Å². The molecule has 0 aliphatic carbocycles. The molecule has 0 aromatic heterocycles. The highest BCUT2D eigenvalue weighted by molar-refractivity contribution is 7.93.